The van der Waals surface area contributed by atoms with Gasteiger partial charge >= 0.3 is 6.03 Å². The summed E-state index contributed by atoms with van der Waals surface area (Å²) >= 11 is 0. The van der Waals surface area contributed by atoms with Crippen LogP contribution in [-0.2, 0) is 4.79 Å². The molecule has 0 spiro atoms. The first-order valence-corrected chi connectivity index (χ1v) is 7.07. The zero-order valence-electron chi connectivity index (χ0n) is 12.9. The van der Waals surface area contributed by atoms with Crippen molar-refractivity contribution in [1.29, 1.82) is 0 Å². The molecule has 1 saturated heterocycles. The van der Waals surface area contributed by atoms with Crippen molar-refractivity contribution in [3.8, 4) is 0 Å². The van der Waals surface area contributed by atoms with Crippen LogP contribution in [0.15, 0.2) is 18.3 Å². The largest absolute Gasteiger partial charge is 0.548 e. The molecular weight excluding hydrogens is 270 g/mol. The van der Waals surface area contributed by atoms with Gasteiger partial charge in [0, 0.05) is 25.2 Å². The summed E-state index contributed by atoms with van der Waals surface area (Å²) in [6.45, 7) is 6.60. The van der Waals surface area contributed by atoms with Crippen LogP contribution in [0.2, 0.25) is 0 Å². The lowest BCUT2D eigenvalue weighted by Crippen LogP contribution is -2.54. The first-order valence-electron chi connectivity index (χ1n) is 7.07. The van der Waals surface area contributed by atoms with Gasteiger partial charge in [-0.15, -0.1) is 0 Å². The number of urea groups is 1. The molecule has 6 heteroatoms. The highest BCUT2D eigenvalue weighted by Gasteiger charge is 2.53. The zero-order chi connectivity index (χ0) is 15.8. The number of aliphatic carboxylic acids is 1. The monoisotopic (exact) mass is 291 g/mol. The number of quaternary nitrogens is 1. The van der Waals surface area contributed by atoms with Gasteiger partial charge in [-0.1, -0.05) is 13.8 Å². The van der Waals surface area contributed by atoms with Crippen molar-refractivity contribution in [1.82, 2.24) is 14.4 Å². The normalized spacial score (nSPS) is 25.7. The fourth-order valence-corrected chi connectivity index (χ4v) is 3.17. The standard InChI is InChI=1S/C15H21N3O3/c1-10(2)8-18(13-6-5-7-16-11(13)3)9-12(14(19)20)17(4)15(18)21/h5-7,10,12H,8-9H2,1-4H3. The molecule has 1 aromatic rings. The number of rotatable bonds is 4. The highest BCUT2D eigenvalue weighted by molar-refractivity contribution is 5.94. The third-order valence-corrected chi connectivity index (χ3v) is 4.01. The van der Waals surface area contributed by atoms with Crippen LogP contribution in [0.1, 0.15) is 19.5 Å². The number of aromatic nitrogens is 1. The van der Waals surface area contributed by atoms with Crippen LogP contribution in [0.25, 0.3) is 0 Å². The maximum atomic E-state index is 12.8. The van der Waals surface area contributed by atoms with E-state index in [9.17, 15) is 14.7 Å². The van der Waals surface area contributed by atoms with Gasteiger partial charge in [0.25, 0.3) is 0 Å². The molecule has 1 aliphatic heterocycles. The van der Waals surface area contributed by atoms with Crippen molar-refractivity contribution in [2.24, 2.45) is 5.92 Å². The average molecular weight is 291 g/mol. The lowest BCUT2D eigenvalue weighted by molar-refractivity contribution is -0.309. The Bertz CT molecular complexity index is 573. The van der Waals surface area contributed by atoms with Crippen LogP contribution in [0.3, 0.4) is 0 Å². The van der Waals surface area contributed by atoms with E-state index in [0.717, 1.165) is 11.4 Å². The maximum Gasteiger partial charge on any atom is 0.424 e. The molecule has 0 aliphatic carbocycles. The Balaban J connectivity index is 2.57. The predicted octanol–water partition coefficient (Wildman–Crippen LogP) is 0.537. The third kappa shape index (κ3) is 2.51. The first kappa shape index (κ1) is 15.4. The molecule has 1 fully saturated rings. The zero-order valence-corrected chi connectivity index (χ0v) is 12.9. The van der Waals surface area contributed by atoms with E-state index in [0.29, 0.717) is 6.54 Å². The third-order valence-electron chi connectivity index (χ3n) is 4.01. The summed E-state index contributed by atoms with van der Waals surface area (Å²) in [5.74, 6) is -0.974. The van der Waals surface area contributed by atoms with E-state index in [2.05, 4.69) is 4.98 Å². The van der Waals surface area contributed by atoms with Crippen molar-refractivity contribution >= 4 is 17.7 Å². The topological polar surface area (TPSA) is 73.3 Å². The van der Waals surface area contributed by atoms with E-state index in [1.807, 2.05) is 26.8 Å². The molecule has 6 nitrogen and oxygen atoms in total. The van der Waals surface area contributed by atoms with E-state index in [4.69, 9.17) is 0 Å². The number of carbonyl (C=O) groups excluding carboxylic acids is 2. The molecule has 21 heavy (non-hydrogen) atoms. The SMILES string of the molecule is Cc1ncccc1[N+]1(CC(C)C)CC(C(=O)[O-])N(C)C1=O. The Morgan fingerprint density at radius 3 is 2.71 bits per heavy atom. The molecule has 2 heterocycles. The summed E-state index contributed by atoms with van der Waals surface area (Å²) in [6, 6.07) is 2.51. The molecule has 0 N–H and O–H groups in total. The van der Waals surface area contributed by atoms with Crippen molar-refractivity contribution in [2.75, 3.05) is 20.1 Å². The molecular formula is C15H21N3O3. The van der Waals surface area contributed by atoms with Gasteiger partial charge in [-0.2, -0.15) is 0 Å². The highest BCUT2D eigenvalue weighted by Crippen LogP contribution is 2.34. The summed E-state index contributed by atoms with van der Waals surface area (Å²) in [6.07, 6.45) is 1.67. The van der Waals surface area contributed by atoms with E-state index in [1.165, 1.54) is 11.9 Å². The van der Waals surface area contributed by atoms with Gasteiger partial charge < -0.3 is 9.90 Å². The average Bonchev–Trinajstić information content (AvgIpc) is 2.65. The summed E-state index contributed by atoms with van der Waals surface area (Å²) in [7, 11) is 1.52. The van der Waals surface area contributed by atoms with Crippen molar-refractivity contribution in [3.05, 3.63) is 24.0 Å². The van der Waals surface area contributed by atoms with Crippen LogP contribution < -0.4 is 9.59 Å². The number of amides is 2. The van der Waals surface area contributed by atoms with E-state index in [-0.39, 0.29) is 23.0 Å². The smallest absolute Gasteiger partial charge is 0.424 e. The number of pyridine rings is 1. The molecule has 2 atom stereocenters. The molecule has 2 amide bonds. The van der Waals surface area contributed by atoms with Crippen LogP contribution in [0, 0.1) is 12.8 Å². The second-order valence-electron chi connectivity index (χ2n) is 6.06. The van der Waals surface area contributed by atoms with Crippen molar-refractivity contribution in [2.45, 2.75) is 26.8 Å². The summed E-state index contributed by atoms with van der Waals surface area (Å²) in [5, 5.41) is 11.3. The fourth-order valence-electron chi connectivity index (χ4n) is 3.17. The van der Waals surface area contributed by atoms with Crippen LogP contribution in [-0.4, -0.2) is 48.1 Å². The number of nitrogens with zero attached hydrogens (tertiary/aromatic N) is 3. The first-order chi connectivity index (χ1) is 9.79. The maximum absolute atomic E-state index is 12.8. The van der Waals surface area contributed by atoms with Crippen LogP contribution in [0.4, 0.5) is 10.5 Å². The van der Waals surface area contributed by atoms with Gasteiger partial charge in [-0.3, -0.25) is 9.88 Å². The number of hydrogen-bond acceptors (Lipinski definition) is 4. The minimum absolute atomic E-state index is 0.00745. The Hall–Kier alpha value is -1.95. The molecule has 1 aliphatic rings. The molecule has 0 aromatic carbocycles. The number of carboxylic acids is 1. The van der Waals surface area contributed by atoms with Gasteiger partial charge in [0.2, 0.25) is 0 Å². The summed E-state index contributed by atoms with van der Waals surface area (Å²) in [4.78, 5) is 29.7. The molecule has 114 valence electrons. The molecule has 1 aromatic heterocycles. The van der Waals surface area contributed by atoms with Gasteiger partial charge in [0.15, 0.2) is 5.69 Å². The van der Waals surface area contributed by atoms with Gasteiger partial charge in [-0.25, -0.2) is 9.28 Å². The lowest BCUT2D eigenvalue weighted by Gasteiger charge is -2.32. The minimum Gasteiger partial charge on any atom is -0.548 e. The molecule has 0 bridgehead atoms. The molecule has 2 unspecified atom stereocenters. The second kappa shape index (κ2) is 5.44. The number of carboxylic acid groups (broad SMARTS) is 1. The Labute approximate surface area is 124 Å². The number of hydrogen-bond donors (Lipinski definition) is 0. The summed E-state index contributed by atoms with van der Waals surface area (Å²) in [5.41, 5.74) is 1.52. The van der Waals surface area contributed by atoms with Crippen LogP contribution in [0.5, 0.6) is 0 Å². The van der Waals surface area contributed by atoms with Gasteiger partial charge in [0.1, 0.15) is 12.6 Å². The number of aryl methyl sites for hydroxylation is 1. The van der Waals surface area contributed by atoms with Crippen molar-refractivity contribution < 1.29 is 14.7 Å². The quantitative estimate of drug-likeness (QED) is 0.759. The Morgan fingerprint density at radius 2 is 2.24 bits per heavy atom. The summed E-state index contributed by atoms with van der Waals surface area (Å²) < 4.78 is -0.00745. The second-order valence-corrected chi connectivity index (χ2v) is 6.06. The highest BCUT2D eigenvalue weighted by atomic mass is 16.4. The van der Waals surface area contributed by atoms with Gasteiger partial charge in [-0.05, 0) is 13.0 Å². The molecule has 2 rings (SSSR count). The minimum atomic E-state index is -1.21. The van der Waals surface area contributed by atoms with Gasteiger partial charge in [0.05, 0.1) is 18.2 Å². The lowest BCUT2D eigenvalue weighted by atomic mass is 10.1. The fraction of sp³-hybridized carbons (Fsp3) is 0.533. The Morgan fingerprint density at radius 1 is 1.57 bits per heavy atom. The number of likely N-dealkylation sites (N-methyl/N-ethyl adjacent to an activating group) is 1. The predicted molar refractivity (Wildman–Crippen MR) is 77.3 cm³/mol. The number of carbonyl (C=O) groups is 2. The molecule has 0 radical (unpaired) electrons. The van der Waals surface area contributed by atoms with Crippen LogP contribution >= 0.6 is 0 Å². The van der Waals surface area contributed by atoms with Crippen molar-refractivity contribution in [3.63, 3.8) is 0 Å². The van der Waals surface area contributed by atoms with E-state index >= 15 is 0 Å². The molecule has 0 saturated carbocycles. The van der Waals surface area contributed by atoms with E-state index in [1.54, 1.807) is 12.3 Å². The Kier molecular flexibility index (Phi) is 4.00. The van der Waals surface area contributed by atoms with E-state index < -0.39 is 12.0 Å².